The van der Waals surface area contributed by atoms with Gasteiger partial charge >= 0.3 is 0 Å². The van der Waals surface area contributed by atoms with Gasteiger partial charge in [-0.3, -0.25) is 0 Å². The van der Waals surface area contributed by atoms with Crippen molar-refractivity contribution in [3.8, 4) is 0 Å². The monoisotopic (exact) mass is 188 g/mol. The Morgan fingerprint density at radius 3 is 2.92 bits per heavy atom. The van der Waals surface area contributed by atoms with Crippen LogP contribution in [0.3, 0.4) is 0 Å². The molecule has 0 amide bonds. The number of rotatable bonds is 1. The van der Waals surface area contributed by atoms with Gasteiger partial charge in [0.15, 0.2) is 5.79 Å². The molecule has 2 unspecified atom stereocenters. The Kier molecular flexibility index (Phi) is 1.93. The molecule has 0 radical (unpaired) electrons. The topological polar surface area (TPSA) is 35.5 Å². The quantitative estimate of drug-likeness (QED) is 0.571. The van der Waals surface area contributed by atoms with Gasteiger partial charge in [0.05, 0.1) is 11.4 Å². The molecule has 2 aliphatic heterocycles. The van der Waals surface area contributed by atoms with Gasteiger partial charge in [-0.2, -0.15) is 0 Å². The summed E-state index contributed by atoms with van der Waals surface area (Å²) in [5.74, 6) is 0.370. The normalized spacial score (nSPS) is 44.3. The molecule has 0 N–H and O–H groups in total. The van der Waals surface area contributed by atoms with Crippen LogP contribution in [0.25, 0.3) is 0 Å². The van der Waals surface area contributed by atoms with E-state index in [1.54, 1.807) is 11.8 Å². The van der Waals surface area contributed by atoms with Gasteiger partial charge < -0.3 is 14.3 Å². The van der Waals surface area contributed by atoms with Gasteiger partial charge in [0.25, 0.3) is 0 Å². The van der Waals surface area contributed by atoms with E-state index >= 15 is 0 Å². The van der Waals surface area contributed by atoms with Gasteiger partial charge in [0.2, 0.25) is 0 Å². The zero-order chi connectivity index (χ0) is 8.77. The number of hydrogen-bond acceptors (Lipinski definition) is 4. The van der Waals surface area contributed by atoms with Gasteiger partial charge in [-0.1, -0.05) is 0 Å². The van der Waals surface area contributed by atoms with Crippen molar-refractivity contribution in [1.82, 2.24) is 0 Å². The molecular weight excluding hydrogens is 176 g/mol. The Morgan fingerprint density at radius 2 is 2.25 bits per heavy atom. The smallest absolute Gasteiger partial charge is 0.163 e. The lowest BCUT2D eigenvalue weighted by molar-refractivity contribution is -0.146. The highest BCUT2D eigenvalue weighted by Crippen LogP contribution is 2.40. The lowest BCUT2D eigenvalue weighted by Crippen LogP contribution is -2.28. The average molecular weight is 188 g/mol. The summed E-state index contributed by atoms with van der Waals surface area (Å²) in [6.45, 7) is 3.77. The minimum atomic E-state index is -0.502. The molecule has 2 fully saturated rings. The van der Waals surface area contributed by atoms with Crippen molar-refractivity contribution in [3.05, 3.63) is 0 Å². The third-order valence-electron chi connectivity index (χ3n) is 2.13. The predicted molar refractivity (Wildman–Crippen MR) is 46.1 cm³/mol. The molecule has 2 heterocycles. The van der Waals surface area contributed by atoms with Crippen molar-refractivity contribution in [2.24, 2.45) is 0 Å². The van der Waals surface area contributed by atoms with Gasteiger partial charge in [-0.05, 0) is 13.8 Å². The molecule has 2 aliphatic rings. The number of thioether (sulfide) groups is 1. The van der Waals surface area contributed by atoms with E-state index in [0.29, 0.717) is 0 Å². The molecule has 4 heteroatoms. The first-order valence-electron chi connectivity index (χ1n) is 4.05. The van der Waals surface area contributed by atoms with Crippen molar-refractivity contribution in [2.45, 2.75) is 37.1 Å². The minimum absolute atomic E-state index is 0.0255. The first kappa shape index (κ1) is 8.53. The van der Waals surface area contributed by atoms with Gasteiger partial charge in [-0.15, -0.1) is 11.8 Å². The number of ether oxygens (including phenoxy) is 2. The summed E-state index contributed by atoms with van der Waals surface area (Å²) >= 11 is 1.62. The van der Waals surface area contributed by atoms with Crippen molar-refractivity contribution in [1.29, 1.82) is 0 Å². The van der Waals surface area contributed by atoms with Crippen LogP contribution >= 0.6 is 11.8 Å². The van der Waals surface area contributed by atoms with E-state index in [0.717, 1.165) is 12.0 Å². The highest BCUT2D eigenvalue weighted by atomic mass is 32.2. The number of fused-ring (bicyclic) bond motifs is 1. The van der Waals surface area contributed by atoms with Crippen LogP contribution < -0.4 is 0 Å². The fraction of sp³-hybridized carbons (Fsp3) is 0.875. The zero-order valence-electron chi connectivity index (χ0n) is 7.15. The zero-order valence-corrected chi connectivity index (χ0v) is 7.97. The van der Waals surface area contributed by atoms with Crippen LogP contribution in [0.15, 0.2) is 0 Å². The summed E-state index contributed by atoms with van der Waals surface area (Å²) in [5.41, 5.74) is 0. The lowest BCUT2D eigenvalue weighted by atomic mass is 10.2. The molecule has 0 aromatic rings. The fourth-order valence-corrected chi connectivity index (χ4v) is 2.86. The van der Waals surface area contributed by atoms with Crippen molar-refractivity contribution < 1.29 is 14.3 Å². The maximum atomic E-state index is 10.6. The largest absolute Gasteiger partial charge is 0.344 e. The van der Waals surface area contributed by atoms with Crippen molar-refractivity contribution in [2.75, 3.05) is 5.75 Å². The second-order valence-electron chi connectivity index (χ2n) is 3.57. The van der Waals surface area contributed by atoms with E-state index in [-0.39, 0.29) is 17.5 Å². The molecule has 0 aliphatic carbocycles. The molecule has 68 valence electrons. The van der Waals surface area contributed by atoms with E-state index in [1.807, 2.05) is 13.8 Å². The summed E-state index contributed by atoms with van der Waals surface area (Å²) in [6, 6.07) is 0. The summed E-state index contributed by atoms with van der Waals surface area (Å²) in [6.07, 6.45) is 1.04. The first-order valence-corrected chi connectivity index (χ1v) is 5.10. The van der Waals surface area contributed by atoms with E-state index in [2.05, 4.69) is 0 Å². The SMILES string of the molecule is CC1(C)OC2CS[C@@H](C=O)C2O1. The van der Waals surface area contributed by atoms with Crippen LogP contribution in [0.2, 0.25) is 0 Å². The third kappa shape index (κ3) is 1.28. The van der Waals surface area contributed by atoms with Crippen LogP contribution in [-0.2, 0) is 14.3 Å². The predicted octanol–water partition coefficient (Wildman–Crippen LogP) is 0.821. The number of aldehydes is 1. The molecule has 0 spiro atoms. The maximum absolute atomic E-state index is 10.6. The van der Waals surface area contributed by atoms with Crippen LogP contribution in [0, 0.1) is 0 Å². The molecule has 3 atom stereocenters. The number of carbonyl (C=O) groups is 1. The van der Waals surface area contributed by atoms with Gasteiger partial charge in [0, 0.05) is 5.75 Å². The van der Waals surface area contributed by atoms with Gasteiger partial charge in [-0.25, -0.2) is 0 Å². The van der Waals surface area contributed by atoms with Crippen LogP contribution in [0.4, 0.5) is 0 Å². The Hall–Kier alpha value is -0.0600. The molecule has 0 aromatic heterocycles. The highest BCUT2D eigenvalue weighted by Gasteiger charge is 2.49. The van der Waals surface area contributed by atoms with E-state index in [4.69, 9.17) is 9.47 Å². The summed E-state index contributed by atoms with van der Waals surface area (Å²) < 4.78 is 11.2. The van der Waals surface area contributed by atoms with Crippen LogP contribution in [0.5, 0.6) is 0 Å². The van der Waals surface area contributed by atoms with Crippen LogP contribution in [-0.4, -0.2) is 35.3 Å². The summed E-state index contributed by atoms with van der Waals surface area (Å²) in [7, 11) is 0. The molecule has 2 rings (SSSR count). The standard InChI is InChI=1S/C8H12O3S/c1-8(2)10-5-4-12-6(3-9)7(5)11-8/h3,5-7H,4H2,1-2H3/t5?,6-,7?/m0/s1. The average Bonchev–Trinajstić information content (AvgIpc) is 2.42. The van der Waals surface area contributed by atoms with Crippen molar-refractivity contribution >= 4 is 18.0 Å². The maximum Gasteiger partial charge on any atom is 0.163 e. The van der Waals surface area contributed by atoms with E-state index in [9.17, 15) is 4.79 Å². The molecule has 2 saturated heterocycles. The molecule has 0 aromatic carbocycles. The second-order valence-corrected chi connectivity index (χ2v) is 4.78. The number of hydrogen-bond donors (Lipinski definition) is 0. The Labute approximate surface area is 75.8 Å². The number of carbonyl (C=O) groups excluding carboxylic acids is 1. The summed E-state index contributed by atoms with van der Waals surface area (Å²) in [5, 5.41) is -0.0308. The second kappa shape index (κ2) is 2.72. The summed E-state index contributed by atoms with van der Waals surface area (Å²) in [4.78, 5) is 10.6. The Balaban J connectivity index is 2.11. The molecular formula is C8H12O3S. The molecule has 0 saturated carbocycles. The molecule has 3 nitrogen and oxygen atoms in total. The fourth-order valence-electron chi connectivity index (χ4n) is 1.69. The van der Waals surface area contributed by atoms with Gasteiger partial charge in [0.1, 0.15) is 12.4 Å². The third-order valence-corrected chi connectivity index (χ3v) is 3.42. The van der Waals surface area contributed by atoms with E-state index < -0.39 is 5.79 Å². The lowest BCUT2D eigenvalue weighted by Gasteiger charge is -2.19. The highest BCUT2D eigenvalue weighted by molar-refractivity contribution is 8.00. The minimum Gasteiger partial charge on any atom is -0.344 e. The molecule has 0 bridgehead atoms. The molecule has 12 heavy (non-hydrogen) atoms. The van der Waals surface area contributed by atoms with E-state index in [1.165, 1.54) is 0 Å². The Bertz CT molecular complexity index is 204. The van der Waals surface area contributed by atoms with Crippen molar-refractivity contribution in [3.63, 3.8) is 0 Å². The first-order chi connectivity index (χ1) is 5.62. The van der Waals surface area contributed by atoms with Crippen LogP contribution in [0.1, 0.15) is 13.8 Å². The Morgan fingerprint density at radius 1 is 1.50 bits per heavy atom.